The monoisotopic (exact) mass is 304 g/mol. The van der Waals surface area contributed by atoms with Crippen LogP contribution in [0.5, 0.6) is 0 Å². The second-order valence-corrected chi connectivity index (χ2v) is 5.98. The minimum atomic E-state index is -0.270. The Hall–Kier alpha value is -0.900. The van der Waals surface area contributed by atoms with Gasteiger partial charge in [-0.05, 0) is 54.6 Å². The molecule has 0 spiro atoms. The van der Waals surface area contributed by atoms with Crippen LogP contribution in [0.15, 0.2) is 46.5 Å². The van der Waals surface area contributed by atoms with E-state index < -0.39 is 0 Å². The van der Waals surface area contributed by atoms with Gasteiger partial charge in [-0.25, -0.2) is 0 Å². The Morgan fingerprint density at radius 2 is 1.94 bits per heavy atom. The first-order valence-corrected chi connectivity index (χ1v) is 7.17. The van der Waals surface area contributed by atoms with Crippen molar-refractivity contribution in [2.24, 2.45) is 5.73 Å². The highest BCUT2D eigenvalue weighted by Crippen LogP contribution is 2.35. The summed E-state index contributed by atoms with van der Waals surface area (Å²) in [5, 5.41) is 3.42. The molecule has 1 heterocycles. The zero-order valence-electron chi connectivity index (χ0n) is 10.2. The van der Waals surface area contributed by atoms with E-state index in [1.165, 1.54) is 23.1 Å². The standard InChI is InChI=1S/C15H17BrN2/c16-14-6-3-11(4-7-14)12-2-5-13(10-12)15(17)8-1-9-18-15/h2-7,18H,1,8-10,17H2/t15-/m0/s1. The van der Waals surface area contributed by atoms with Crippen LogP contribution in [0.2, 0.25) is 0 Å². The summed E-state index contributed by atoms with van der Waals surface area (Å²) in [7, 11) is 0. The van der Waals surface area contributed by atoms with Gasteiger partial charge in [0.05, 0.1) is 5.66 Å². The molecular formula is C15H17BrN2. The molecule has 1 aromatic rings. The maximum Gasteiger partial charge on any atom is 0.0890 e. The fraction of sp³-hybridized carbons (Fsp3) is 0.333. The van der Waals surface area contributed by atoms with Crippen LogP contribution < -0.4 is 11.1 Å². The summed E-state index contributed by atoms with van der Waals surface area (Å²) >= 11 is 3.47. The van der Waals surface area contributed by atoms with Crippen LogP contribution in [0.25, 0.3) is 5.57 Å². The second-order valence-electron chi connectivity index (χ2n) is 5.07. The fourth-order valence-corrected chi connectivity index (χ4v) is 3.00. The smallest absolute Gasteiger partial charge is 0.0890 e. The molecule has 1 fully saturated rings. The molecule has 1 saturated heterocycles. The van der Waals surface area contributed by atoms with E-state index in [0.717, 1.165) is 23.9 Å². The van der Waals surface area contributed by atoms with Crippen LogP contribution in [0, 0.1) is 0 Å². The van der Waals surface area contributed by atoms with Crippen molar-refractivity contribution in [1.29, 1.82) is 0 Å². The summed E-state index contributed by atoms with van der Waals surface area (Å²) in [6, 6.07) is 8.47. The first-order valence-electron chi connectivity index (χ1n) is 6.37. The molecule has 1 atom stereocenters. The molecule has 3 heteroatoms. The third-order valence-corrected chi connectivity index (χ3v) is 4.37. The Kier molecular flexibility index (Phi) is 3.14. The maximum absolute atomic E-state index is 6.41. The Morgan fingerprint density at radius 1 is 1.17 bits per heavy atom. The van der Waals surface area contributed by atoms with Crippen LogP contribution in [0.1, 0.15) is 24.8 Å². The molecule has 1 aliphatic carbocycles. The maximum atomic E-state index is 6.41. The third kappa shape index (κ3) is 2.18. The second kappa shape index (κ2) is 4.65. The Bertz CT molecular complexity index is 508. The zero-order chi connectivity index (χ0) is 12.6. The molecule has 2 nitrogen and oxygen atoms in total. The summed E-state index contributed by atoms with van der Waals surface area (Å²) < 4.78 is 1.12. The first-order chi connectivity index (χ1) is 8.67. The van der Waals surface area contributed by atoms with Gasteiger partial charge in [-0.3, -0.25) is 5.32 Å². The number of hydrogen-bond acceptors (Lipinski definition) is 2. The van der Waals surface area contributed by atoms with E-state index in [1.54, 1.807) is 0 Å². The van der Waals surface area contributed by atoms with Gasteiger partial charge in [0.15, 0.2) is 0 Å². The number of allylic oxidation sites excluding steroid dienone is 3. The van der Waals surface area contributed by atoms with Crippen LogP contribution >= 0.6 is 15.9 Å². The number of hydrogen-bond donors (Lipinski definition) is 2. The number of halogens is 1. The summed E-state index contributed by atoms with van der Waals surface area (Å²) in [5.41, 5.74) is 10.1. The molecule has 3 N–H and O–H groups in total. The molecule has 2 aliphatic rings. The number of nitrogens with one attached hydrogen (secondary N) is 1. The molecule has 94 valence electrons. The van der Waals surface area contributed by atoms with Gasteiger partial charge in [0.25, 0.3) is 0 Å². The minimum absolute atomic E-state index is 0.270. The van der Waals surface area contributed by atoms with Crippen molar-refractivity contribution in [2.45, 2.75) is 24.9 Å². The number of nitrogens with two attached hydrogens (primary N) is 1. The molecule has 18 heavy (non-hydrogen) atoms. The van der Waals surface area contributed by atoms with Gasteiger partial charge in [-0.2, -0.15) is 0 Å². The van der Waals surface area contributed by atoms with Gasteiger partial charge in [0.2, 0.25) is 0 Å². The van der Waals surface area contributed by atoms with Crippen LogP contribution in [0.3, 0.4) is 0 Å². The SMILES string of the molecule is N[C@@]1(C2=CC=C(c3ccc(Br)cc3)C2)CCCN1. The van der Waals surface area contributed by atoms with Gasteiger partial charge in [-0.1, -0.05) is 40.2 Å². The van der Waals surface area contributed by atoms with Crippen molar-refractivity contribution >= 4 is 21.5 Å². The molecule has 0 unspecified atom stereocenters. The van der Waals surface area contributed by atoms with Crippen molar-refractivity contribution in [3.63, 3.8) is 0 Å². The van der Waals surface area contributed by atoms with Crippen molar-refractivity contribution in [3.8, 4) is 0 Å². The quantitative estimate of drug-likeness (QED) is 0.880. The molecule has 0 radical (unpaired) electrons. The first kappa shape index (κ1) is 12.2. The van der Waals surface area contributed by atoms with E-state index in [2.05, 4.69) is 57.7 Å². The lowest BCUT2D eigenvalue weighted by atomic mass is 9.94. The van der Waals surface area contributed by atoms with E-state index >= 15 is 0 Å². The predicted octanol–water partition coefficient (Wildman–Crippen LogP) is 3.20. The highest BCUT2D eigenvalue weighted by atomic mass is 79.9. The lowest BCUT2D eigenvalue weighted by molar-refractivity contribution is 0.457. The normalized spacial score (nSPS) is 27.2. The highest BCUT2D eigenvalue weighted by molar-refractivity contribution is 9.10. The number of rotatable bonds is 2. The van der Waals surface area contributed by atoms with Crippen LogP contribution in [-0.4, -0.2) is 12.2 Å². The Labute approximate surface area is 116 Å². The summed E-state index contributed by atoms with van der Waals surface area (Å²) in [6.07, 6.45) is 7.57. The lowest BCUT2D eigenvalue weighted by Gasteiger charge is -2.26. The van der Waals surface area contributed by atoms with Crippen LogP contribution in [0.4, 0.5) is 0 Å². The summed E-state index contributed by atoms with van der Waals surface area (Å²) in [4.78, 5) is 0. The molecule has 0 amide bonds. The molecular weight excluding hydrogens is 288 g/mol. The van der Waals surface area contributed by atoms with Crippen molar-refractivity contribution in [2.75, 3.05) is 6.54 Å². The summed E-state index contributed by atoms with van der Waals surface area (Å²) in [5.74, 6) is 0. The van der Waals surface area contributed by atoms with Gasteiger partial charge in [0, 0.05) is 4.47 Å². The van der Waals surface area contributed by atoms with Crippen molar-refractivity contribution < 1.29 is 0 Å². The predicted molar refractivity (Wildman–Crippen MR) is 79.0 cm³/mol. The Morgan fingerprint density at radius 3 is 2.61 bits per heavy atom. The topological polar surface area (TPSA) is 38.0 Å². The van der Waals surface area contributed by atoms with Gasteiger partial charge in [0.1, 0.15) is 0 Å². The highest BCUT2D eigenvalue weighted by Gasteiger charge is 2.34. The van der Waals surface area contributed by atoms with Gasteiger partial charge < -0.3 is 5.73 Å². The Balaban J connectivity index is 1.75. The van der Waals surface area contributed by atoms with Gasteiger partial charge >= 0.3 is 0 Å². The van der Waals surface area contributed by atoms with E-state index in [9.17, 15) is 0 Å². The molecule has 0 saturated carbocycles. The van der Waals surface area contributed by atoms with E-state index in [1.807, 2.05) is 0 Å². The van der Waals surface area contributed by atoms with Crippen molar-refractivity contribution in [3.05, 3.63) is 52.0 Å². The molecule has 0 bridgehead atoms. The van der Waals surface area contributed by atoms with E-state index in [4.69, 9.17) is 5.73 Å². The third-order valence-electron chi connectivity index (χ3n) is 3.84. The zero-order valence-corrected chi connectivity index (χ0v) is 11.8. The molecule has 1 aromatic carbocycles. The average molecular weight is 305 g/mol. The molecule has 0 aromatic heterocycles. The average Bonchev–Trinajstić information content (AvgIpc) is 2.99. The fourth-order valence-electron chi connectivity index (χ4n) is 2.73. The lowest BCUT2D eigenvalue weighted by Crippen LogP contribution is -2.50. The van der Waals surface area contributed by atoms with Crippen LogP contribution in [-0.2, 0) is 0 Å². The minimum Gasteiger partial charge on any atom is -0.310 e. The van der Waals surface area contributed by atoms with Crippen molar-refractivity contribution in [1.82, 2.24) is 5.32 Å². The molecule has 1 aliphatic heterocycles. The number of benzene rings is 1. The van der Waals surface area contributed by atoms with E-state index in [-0.39, 0.29) is 5.66 Å². The molecule has 3 rings (SSSR count). The summed E-state index contributed by atoms with van der Waals surface area (Å²) in [6.45, 7) is 1.03. The van der Waals surface area contributed by atoms with Gasteiger partial charge in [-0.15, -0.1) is 0 Å². The largest absolute Gasteiger partial charge is 0.310 e. The van der Waals surface area contributed by atoms with E-state index in [0.29, 0.717) is 0 Å².